The van der Waals surface area contributed by atoms with E-state index in [1.54, 1.807) is 36.0 Å². The highest BCUT2D eigenvalue weighted by Crippen LogP contribution is 2.04. The van der Waals surface area contributed by atoms with Crippen molar-refractivity contribution < 1.29 is 9.59 Å². The number of rotatable bonds is 6. The normalized spacial score (nSPS) is 11.9. The second kappa shape index (κ2) is 7.12. The van der Waals surface area contributed by atoms with Gasteiger partial charge >= 0.3 is 0 Å². The molecule has 1 atom stereocenters. The first-order chi connectivity index (χ1) is 8.15. The Labute approximate surface area is 106 Å². The highest BCUT2D eigenvalue weighted by Gasteiger charge is 2.17. The molecule has 0 radical (unpaired) electrons. The maximum atomic E-state index is 11.9. The summed E-state index contributed by atoms with van der Waals surface area (Å²) in [6.07, 6.45) is 2.66. The van der Waals surface area contributed by atoms with E-state index in [1.807, 2.05) is 12.3 Å². The molecule has 1 aromatic carbocycles. The molecule has 92 valence electrons. The topological polar surface area (TPSA) is 46.2 Å². The van der Waals surface area contributed by atoms with Crippen molar-refractivity contribution in [3.63, 3.8) is 0 Å². The van der Waals surface area contributed by atoms with Crippen molar-refractivity contribution in [2.75, 3.05) is 12.0 Å². The molecular weight excluding hydrogens is 234 g/mol. The molecule has 3 nitrogen and oxygen atoms in total. The van der Waals surface area contributed by atoms with Crippen molar-refractivity contribution in [1.82, 2.24) is 5.32 Å². The van der Waals surface area contributed by atoms with Crippen LogP contribution < -0.4 is 5.32 Å². The average molecular weight is 251 g/mol. The van der Waals surface area contributed by atoms with Crippen LogP contribution in [0.15, 0.2) is 30.3 Å². The average Bonchev–Trinajstić information content (AvgIpc) is 2.35. The van der Waals surface area contributed by atoms with E-state index >= 15 is 0 Å². The van der Waals surface area contributed by atoms with E-state index in [9.17, 15) is 9.59 Å². The molecule has 1 amide bonds. The zero-order chi connectivity index (χ0) is 12.7. The third-order valence-electron chi connectivity index (χ3n) is 2.44. The quantitative estimate of drug-likeness (QED) is 0.842. The van der Waals surface area contributed by atoms with E-state index in [1.165, 1.54) is 6.92 Å². The van der Waals surface area contributed by atoms with Crippen molar-refractivity contribution in [1.29, 1.82) is 0 Å². The summed E-state index contributed by atoms with van der Waals surface area (Å²) in [6, 6.07) is 8.56. The van der Waals surface area contributed by atoms with Crippen LogP contribution in [0.5, 0.6) is 0 Å². The van der Waals surface area contributed by atoms with Gasteiger partial charge in [0.15, 0.2) is 5.78 Å². The number of Topliss-reactive ketones (excluding diaryl/α,β-unsaturated/α-hetero) is 1. The number of ketones is 1. The van der Waals surface area contributed by atoms with Crippen molar-refractivity contribution in [3.8, 4) is 0 Å². The first-order valence-corrected chi connectivity index (χ1v) is 6.90. The summed E-state index contributed by atoms with van der Waals surface area (Å²) in [5, 5.41) is 2.77. The minimum atomic E-state index is -0.379. The van der Waals surface area contributed by atoms with Gasteiger partial charge in [0.2, 0.25) is 0 Å². The molecule has 0 saturated carbocycles. The molecule has 1 rings (SSSR count). The van der Waals surface area contributed by atoms with E-state index in [4.69, 9.17) is 0 Å². The maximum Gasteiger partial charge on any atom is 0.251 e. The van der Waals surface area contributed by atoms with Gasteiger partial charge in [-0.1, -0.05) is 18.2 Å². The number of carbonyl (C=O) groups is 2. The summed E-state index contributed by atoms with van der Waals surface area (Å²) in [4.78, 5) is 23.2. The highest BCUT2D eigenvalue weighted by atomic mass is 32.2. The van der Waals surface area contributed by atoms with Crippen molar-refractivity contribution in [2.24, 2.45) is 0 Å². The number of amides is 1. The second-order valence-electron chi connectivity index (χ2n) is 3.78. The molecule has 1 unspecified atom stereocenters. The molecular formula is C13H17NO2S. The summed E-state index contributed by atoms with van der Waals surface area (Å²) in [5.74, 6) is 0.675. The highest BCUT2D eigenvalue weighted by molar-refractivity contribution is 7.98. The summed E-state index contributed by atoms with van der Waals surface area (Å²) < 4.78 is 0. The number of hydrogen-bond acceptors (Lipinski definition) is 3. The fraction of sp³-hybridized carbons (Fsp3) is 0.385. The van der Waals surface area contributed by atoms with Crippen LogP contribution in [0.4, 0.5) is 0 Å². The molecule has 0 aliphatic rings. The van der Waals surface area contributed by atoms with Crippen molar-refractivity contribution >= 4 is 23.5 Å². The van der Waals surface area contributed by atoms with Crippen LogP contribution in [0.25, 0.3) is 0 Å². The second-order valence-corrected chi connectivity index (χ2v) is 4.77. The monoisotopic (exact) mass is 251 g/mol. The minimum absolute atomic E-state index is 0.00308. The first kappa shape index (κ1) is 13.8. The Balaban J connectivity index is 2.61. The summed E-state index contributed by atoms with van der Waals surface area (Å²) in [6.45, 7) is 1.51. The summed E-state index contributed by atoms with van der Waals surface area (Å²) in [5.41, 5.74) is 0.586. The predicted octanol–water partition coefficient (Wildman–Crippen LogP) is 2.13. The lowest BCUT2D eigenvalue weighted by molar-refractivity contribution is -0.118. The van der Waals surface area contributed by atoms with Gasteiger partial charge in [-0.25, -0.2) is 0 Å². The number of carbonyl (C=O) groups excluding carboxylic acids is 2. The van der Waals surface area contributed by atoms with Crippen molar-refractivity contribution in [2.45, 2.75) is 19.4 Å². The predicted molar refractivity (Wildman–Crippen MR) is 71.4 cm³/mol. The zero-order valence-corrected chi connectivity index (χ0v) is 10.9. The molecule has 0 bridgehead atoms. The van der Waals surface area contributed by atoms with Gasteiger partial charge < -0.3 is 5.32 Å². The van der Waals surface area contributed by atoms with Gasteiger partial charge in [0.05, 0.1) is 6.04 Å². The molecule has 0 saturated heterocycles. The molecule has 0 fully saturated rings. The SMILES string of the molecule is CSCCC(NC(=O)c1ccccc1)C(C)=O. The number of thioether (sulfide) groups is 1. The first-order valence-electron chi connectivity index (χ1n) is 5.50. The molecule has 0 aromatic heterocycles. The van der Waals surface area contributed by atoms with Crippen LogP contribution in [0.2, 0.25) is 0 Å². The Morgan fingerprint density at radius 2 is 1.94 bits per heavy atom. The lowest BCUT2D eigenvalue weighted by Gasteiger charge is -2.15. The molecule has 0 heterocycles. The fourth-order valence-electron chi connectivity index (χ4n) is 1.44. The number of benzene rings is 1. The summed E-state index contributed by atoms with van der Waals surface area (Å²) in [7, 11) is 0. The van der Waals surface area contributed by atoms with Gasteiger partial charge in [-0.3, -0.25) is 9.59 Å². The van der Waals surface area contributed by atoms with Crippen LogP contribution >= 0.6 is 11.8 Å². The van der Waals surface area contributed by atoms with E-state index in [-0.39, 0.29) is 17.7 Å². The zero-order valence-electron chi connectivity index (χ0n) is 10.1. The fourth-order valence-corrected chi connectivity index (χ4v) is 1.92. The van der Waals surface area contributed by atoms with Crippen molar-refractivity contribution in [3.05, 3.63) is 35.9 Å². The van der Waals surface area contributed by atoms with Gasteiger partial charge in [-0.15, -0.1) is 0 Å². The maximum absolute atomic E-state index is 11.9. The lowest BCUT2D eigenvalue weighted by Crippen LogP contribution is -2.40. The van der Waals surface area contributed by atoms with Gasteiger partial charge in [-0.2, -0.15) is 11.8 Å². The number of nitrogens with one attached hydrogen (secondary N) is 1. The van der Waals surface area contributed by atoms with Gasteiger partial charge in [0, 0.05) is 5.56 Å². The smallest absolute Gasteiger partial charge is 0.251 e. The van der Waals surface area contributed by atoms with Gasteiger partial charge in [-0.05, 0) is 37.5 Å². The van der Waals surface area contributed by atoms with Crippen LogP contribution in [0, 0.1) is 0 Å². The molecule has 1 aromatic rings. The Bertz CT molecular complexity index is 378. The van der Waals surface area contributed by atoms with E-state index in [0.717, 1.165) is 5.75 Å². The molecule has 0 aliphatic carbocycles. The Hall–Kier alpha value is -1.29. The van der Waals surface area contributed by atoms with Crippen LogP contribution in [-0.2, 0) is 4.79 Å². The van der Waals surface area contributed by atoms with E-state index < -0.39 is 0 Å². The molecule has 1 N–H and O–H groups in total. The third-order valence-corrected chi connectivity index (χ3v) is 3.09. The number of hydrogen-bond donors (Lipinski definition) is 1. The molecule has 0 spiro atoms. The largest absolute Gasteiger partial charge is 0.342 e. The lowest BCUT2D eigenvalue weighted by atomic mass is 10.1. The Morgan fingerprint density at radius 1 is 1.29 bits per heavy atom. The van der Waals surface area contributed by atoms with E-state index in [2.05, 4.69) is 5.32 Å². The minimum Gasteiger partial charge on any atom is -0.342 e. The summed E-state index contributed by atoms with van der Waals surface area (Å²) >= 11 is 1.67. The van der Waals surface area contributed by atoms with E-state index in [0.29, 0.717) is 12.0 Å². The Kier molecular flexibility index (Phi) is 5.77. The molecule has 4 heteroatoms. The van der Waals surface area contributed by atoms with Crippen LogP contribution in [-0.4, -0.2) is 29.7 Å². The molecule has 17 heavy (non-hydrogen) atoms. The van der Waals surface area contributed by atoms with Gasteiger partial charge in [0.1, 0.15) is 0 Å². The van der Waals surface area contributed by atoms with Gasteiger partial charge in [0.25, 0.3) is 5.91 Å². The third kappa shape index (κ3) is 4.61. The van der Waals surface area contributed by atoms with Crippen LogP contribution in [0.1, 0.15) is 23.7 Å². The Morgan fingerprint density at radius 3 is 2.47 bits per heavy atom. The molecule has 0 aliphatic heterocycles. The standard InChI is InChI=1S/C13H17NO2S/c1-10(15)12(8-9-17-2)14-13(16)11-6-4-3-5-7-11/h3-7,12H,8-9H2,1-2H3,(H,14,16). The van der Waals surface area contributed by atoms with Crippen LogP contribution in [0.3, 0.4) is 0 Å².